The predicted molar refractivity (Wildman–Crippen MR) is 81.4 cm³/mol. The minimum absolute atomic E-state index is 0.110. The van der Waals surface area contributed by atoms with Crippen LogP contribution in [0.5, 0.6) is 5.75 Å². The summed E-state index contributed by atoms with van der Waals surface area (Å²) in [7, 11) is 0. The van der Waals surface area contributed by atoms with E-state index in [2.05, 4.69) is 0 Å². The Morgan fingerprint density at radius 1 is 1.39 bits per heavy atom. The molecule has 2 atom stereocenters. The molecule has 23 heavy (non-hydrogen) atoms. The van der Waals surface area contributed by atoms with Gasteiger partial charge in [0.2, 0.25) is 0 Å². The number of ether oxygens (including phenoxy) is 1. The van der Waals surface area contributed by atoms with Crippen LogP contribution < -0.4 is 4.74 Å². The van der Waals surface area contributed by atoms with E-state index in [-0.39, 0.29) is 18.6 Å². The molecule has 0 spiro atoms. The molecule has 5 nitrogen and oxygen atoms in total. The number of fused-ring (bicyclic) bond motifs is 1. The normalized spacial score (nSPS) is 23.6. The molecule has 2 aliphatic heterocycles. The topological polar surface area (TPSA) is 66.8 Å². The van der Waals surface area contributed by atoms with Crippen molar-refractivity contribution < 1.29 is 23.8 Å². The fourth-order valence-electron chi connectivity index (χ4n) is 3.22. The molecule has 1 aromatic carbocycles. The Balaban J connectivity index is 1.84. The van der Waals surface area contributed by atoms with E-state index in [0.717, 1.165) is 0 Å². The smallest absolute Gasteiger partial charge is 0.308 e. The number of carbonyl (C=O) groups is 2. The maximum Gasteiger partial charge on any atom is 0.308 e. The molecule has 2 aliphatic rings. The standard InChI is InChI=1S/C17H18FNO4/c1-10-14(17(21)22)3-2-6-19(10)16(20)12-7-11-8-13(18)4-5-15(11)23-9-12/h4-5,7-8,10,14H,2-3,6,9H2,1H3,(H,21,22)/t10-,14-/m1/s1. The van der Waals surface area contributed by atoms with Crippen molar-refractivity contribution in [3.8, 4) is 5.75 Å². The quantitative estimate of drug-likeness (QED) is 0.908. The van der Waals surface area contributed by atoms with Gasteiger partial charge in [0, 0.05) is 18.2 Å². The maximum absolute atomic E-state index is 13.3. The highest BCUT2D eigenvalue weighted by Crippen LogP contribution is 2.30. The molecule has 1 amide bonds. The second kappa shape index (κ2) is 6.02. The zero-order valence-electron chi connectivity index (χ0n) is 12.8. The van der Waals surface area contributed by atoms with Gasteiger partial charge < -0.3 is 14.7 Å². The van der Waals surface area contributed by atoms with Gasteiger partial charge in [-0.1, -0.05) is 0 Å². The Labute approximate surface area is 133 Å². The Hall–Kier alpha value is -2.37. The molecule has 2 heterocycles. The lowest BCUT2D eigenvalue weighted by atomic mass is 9.89. The lowest BCUT2D eigenvalue weighted by molar-refractivity contribution is -0.148. The largest absolute Gasteiger partial charge is 0.488 e. The number of amides is 1. The number of hydrogen-bond donors (Lipinski definition) is 1. The fraction of sp³-hybridized carbons (Fsp3) is 0.412. The van der Waals surface area contributed by atoms with Crippen molar-refractivity contribution in [2.75, 3.05) is 13.2 Å². The minimum Gasteiger partial charge on any atom is -0.488 e. The number of hydrogen-bond acceptors (Lipinski definition) is 3. The number of carboxylic acids is 1. The van der Waals surface area contributed by atoms with Crippen LogP contribution in [-0.4, -0.2) is 41.1 Å². The van der Waals surface area contributed by atoms with E-state index >= 15 is 0 Å². The van der Waals surface area contributed by atoms with E-state index in [1.165, 1.54) is 18.2 Å². The van der Waals surface area contributed by atoms with Crippen LogP contribution in [-0.2, 0) is 9.59 Å². The molecule has 1 N–H and O–H groups in total. The van der Waals surface area contributed by atoms with Gasteiger partial charge in [-0.15, -0.1) is 0 Å². The van der Waals surface area contributed by atoms with Crippen LogP contribution in [0.15, 0.2) is 23.8 Å². The van der Waals surface area contributed by atoms with Crippen LogP contribution in [0.25, 0.3) is 6.08 Å². The average Bonchev–Trinajstić information content (AvgIpc) is 2.53. The monoisotopic (exact) mass is 319 g/mol. The first kappa shape index (κ1) is 15.5. The summed E-state index contributed by atoms with van der Waals surface area (Å²) in [6.45, 7) is 2.39. The average molecular weight is 319 g/mol. The van der Waals surface area contributed by atoms with E-state index in [0.29, 0.717) is 36.3 Å². The molecule has 0 aliphatic carbocycles. The molecule has 122 valence electrons. The first-order valence-corrected chi connectivity index (χ1v) is 7.64. The summed E-state index contributed by atoms with van der Waals surface area (Å²) in [6.07, 6.45) is 2.86. The second-order valence-electron chi connectivity index (χ2n) is 5.97. The van der Waals surface area contributed by atoms with E-state index in [9.17, 15) is 19.1 Å². The molecular formula is C17H18FNO4. The van der Waals surface area contributed by atoms with E-state index in [1.54, 1.807) is 17.9 Å². The molecule has 3 rings (SSSR count). The third-order valence-electron chi connectivity index (χ3n) is 4.53. The van der Waals surface area contributed by atoms with Crippen molar-refractivity contribution in [2.45, 2.75) is 25.8 Å². The molecule has 0 aromatic heterocycles. The Kier molecular flexibility index (Phi) is 4.07. The third kappa shape index (κ3) is 2.93. The number of aliphatic carboxylic acids is 1. The number of likely N-dealkylation sites (tertiary alicyclic amines) is 1. The molecule has 1 saturated heterocycles. The minimum atomic E-state index is -0.878. The summed E-state index contributed by atoms with van der Waals surface area (Å²) in [4.78, 5) is 25.6. The molecule has 1 aromatic rings. The highest BCUT2D eigenvalue weighted by atomic mass is 19.1. The highest BCUT2D eigenvalue weighted by molar-refractivity contribution is 5.99. The highest BCUT2D eigenvalue weighted by Gasteiger charge is 2.36. The van der Waals surface area contributed by atoms with Crippen molar-refractivity contribution in [2.24, 2.45) is 5.92 Å². The van der Waals surface area contributed by atoms with Crippen molar-refractivity contribution >= 4 is 18.0 Å². The number of halogens is 1. The fourth-order valence-corrected chi connectivity index (χ4v) is 3.22. The first-order valence-electron chi connectivity index (χ1n) is 7.64. The first-order chi connectivity index (χ1) is 11.0. The lowest BCUT2D eigenvalue weighted by Crippen LogP contribution is -2.50. The second-order valence-corrected chi connectivity index (χ2v) is 5.97. The zero-order valence-corrected chi connectivity index (χ0v) is 12.8. The predicted octanol–water partition coefficient (Wildman–Crippen LogP) is 2.31. The SMILES string of the molecule is C[C@@H]1[C@H](C(=O)O)CCCN1C(=O)C1=Cc2cc(F)ccc2OC1. The van der Waals surface area contributed by atoms with Gasteiger partial charge in [-0.05, 0) is 44.0 Å². The third-order valence-corrected chi connectivity index (χ3v) is 4.53. The Bertz CT molecular complexity index is 685. The maximum atomic E-state index is 13.3. The molecule has 6 heteroatoms. The molecule has 0 radical (unpaired) electrons. The number of nitrogens with zero attached hydrogens (tertiary/aromatic N) is 1. The van der Waals surface area contributed by atoms with Crippen LogP contribution in [0.4, 0.5) is 4.39 Å². The number of carbonyl (C=O) groups excluding carboxylic acids is 1. The Morgan fingerprint density at radius 3 is 2.91 bits per heavy atom. The van der Waals surface area contributed by atoms with Crippen LogP contribution in [0.1, 0.15) is 25.3 Å². The number of carboxylic acid groups (broad SMARTS) is 1. The summed E-state index contributed by atoms with van der Waals surface area (Å²) in [5, 5.41) is 9.26. The van der Waals surface area contributed by atoms with Gasteiger partial charge in [0.1, 0.15) is 18.2 Å². The molecule has 1 fully saturated rings. The van der Waals surface area contributed by atoms with Gasteiger partial charge in [-0.25, -0.2) is 4.39 Å². The summed E-state index contributed by atoms with van der Waals surface area (Å²) in [5.41, 5.74) is 0.944. The van der Waals surface area contributed by atoms with Crippen molar-refractivity contribution in [1.82, 2.24) is 4.90 Å². The van der Waals surface area contributed by atoms with Crippen LogP contribution in [0, 0.1) is 11.7 Å². The number of piperidine rings is 1. The van der Waals surface area contributed by atoms with Crippen LogP contribution in [0.3, 0.4) is 0 Å². The summed E-state index contributed by atoms with van der Waals surface area (Å²) < 4.78 is 18.8. The van der Waals surface area contributed by atoms with Crippen molar-refractivity contribution in [3.63, 3.8) is 0 Å². The van der Waals surface area contributed by atoms with Crippen molar-refractivity contribution in [3.05, 3.63) is 35.2 Å². The number of benzene rings is 1. The molecule has 0 bridgehead atoms. The molecule has 0 saturated carbocycles. The van der Waals surface area contributed by atoms with Gasteiger partial charge >= 0.3 is 5.97 Å². The summed E-state index contributed by atoms with van der Waals surface area (Å²) in [6, 6.07) is 3.79. The van der Waals surface area contributed by atoms with Crippen LogP contribution in [0.2, 0.25) is 0 Å². The zero-order chi connectivity index (χ0) is 16.6. The summed E-state index contributed by atoms with van der Waals surface area (Å²) >= 11 is 0. The van der Waals surface area contributed by atoms with Gasteiger partial charge in [-0.3, -0.25) is 9.59 Å². The number of rotatable bonds is 2. The lowest BCUT2D eigenvalue weighted by Gasteiger charge is -2.38. The van der Waals surface area contributed by atoms with Crippen molar-refractivity contribution in [1.29, 1.82) is 0 Å². The van der Waals surface area contributed by atoms with Gasteiger partial charge in [0.15, 0.2) is 0 Å². The van der Waals surface area contributed by atoms with E-state index < -0.39 is 17.7 Å². The molecule has 0 unspecified atom stereocenters. The Morgan fingerprint density at radius 2 is 2.17 bits per heavy atom. The summed E-state index contributed by atoms with van der Waals surface area (Å²) in [5.74, 6) is -1.52. The van der Waals surface area contributed by atoms with Gasteiger partial charge in [-0.2, -0.15) is 0 Å². The van der Waals surface area contributed by atoms with Gasteiger partial charge in [0.05, 0.1) is 11.5 Å². The van der Waals surface area contributed by atoms with Gasteiger partial charge in [0.25, 0.3) is 5.91 Å². The van der Waals surface area contributed by atoms with E-state index in [4.69, 9.17) is 4.74 Å². The van der Waals surface area contributed by atoms with Crippen LogP contribution >= 0.6 is 0 Å². The van der Waals surface area contributed by atoms with E-state index in [1.807, 2.05) is 0 Å². The molecular weight excluding hydrogens is 301 g/mol.